The number of nitrogens with one attached hydrogen (secondary N) is 1. The maximum absolute atomic E-state index is 12.7. The van der Waals surface area contributed by atoms with E-state index in [9.17, 15) is 9.59 Å². The van der Waals surface area contributed by atoms with Crippen LogP contribution in [0.25, 0.3) is 0 Å². The second kappa shape index (κ2) is 10.5. The number of carbonyl (C=O) groups is 2. The lowest BCUT2D eigenvalue weighted by Gasteiger charge is -2.19. The Balaban J connectivity index is 1.66. The Bertz CT molecular complexity index is 991. The first kappa shape index (κ1) is 21.5. The maximum atomic E-state index is 12.7. The summed E-state index contributed by atoms with van der Waals surface area (Å²) in [6.45, 7) is 1.90. The number of benzene rings is 2. The molecule has 0 radical (unpaired) electrons. The van der Waals surface area contributed by atoms with Gasteiger partial charge >= 0.3 is 5.97 Å². The van der Waals surface area contributed by atoms with Gasteiger partial charge in [0.15, 0.2) is 12.4 Å². The lowest BCUT2D eigenvalue weighted by atomic mass is 10.0. The van der Waals surface area contributed by atoms with Crippen LogP contribution in [0.3, 0.4) is 0 Å². The molecule has 0 aliphatic heterocycles. The normalized spacial score (nSPS) is 11.7. The second-order valence-corrected chi connectivity index (χ2v) is 7.04. The molecule has 0 fully saturated rings. The molecule has 1 amide bonds. The maximum Gasteiger partial charge on any atom is 0.308 e. The number of esters is 1. The number of ether oxygens (including phenoxy) is 1. The lowest BCUT2D eigenvalue weighted by molar-refractivity contribution is -0.146. The van der Waals surface area contributed by atoms with Gasteiger partial charge in [-0.1, -0.05) is 66.1 Å². The van der Waals surface area contributed by atoms with Crippen LogP contribution < -0.4 is 5.32 Å². The zero-order valence-electron chi connectivity index (χ0n) is 16.5. The molecule has 0 aliphatic carbocycles. The van der Waals surface area contributed by atoms with E-state index in [0.717, 1.165) is 12.0 Å². The van der Waals surface area contributed by atoms with Gasteiger partial charge in [-0.05, 0) is 24.1 Å². The number of amides is 1. The summed E-state index contributed by atoms with van der Waals surface area (Å²) in [6.07, 6.45) is 1.53. The molecule has 3 rings (SSSR count). The Kier molecular flexibility index (Phi) is 7.57. The fraction of sp³-hybridized carbons (Fsp3) is 0.273. The van der Waals surface area contributed by atoms with Gasteiger partial charge in [-0.25, -0.2) is 0 Å². The summed E-state index contributed by atoms with van der Waals surface area (Å²) in [4.78, 5) is 29.3. The van der Waals surface area contributed by atoms with Crippen molar-refractivity contribution in [3.05, 3.63) is 82.5 Å². The van der Waals surface area contributed by atoms with Crippen LogP contribution in [0.1, 0.15) is 53.4 Å². The monoisotopic (exact) mass is 427 g/mol. The van der Waals surface area contributed by atoms with E-state index in [1.165, 1.54) is 0 Å². The van der Waals surface area contributed by atoms with E-state index in [4.69, 9.17) is 20.9 Å². The van der Waals surface area contributed by atoms with Crippen LogP contribution in [0.2, 0.25) is 5.02 Å². The molecule has 1 atom stereocenters. The zero-order chi connectivity index (χ0) is 21.3. The van der Waals surface area contributed by atoms with E-state index in [2.05, 4.69) is 15.5 Å². The summed E-state index contributed by atoms with van der Waals surface area (Å²) in [5, 5.41) is 7.03. The third kappa shape index (κ3) is 5.90. The first-order chi connectivity index (χ1) is 14.6. The van der Waals surface area contributed by atoms with Crippen molar-refractivity contribution >= 4 is 23.5 Å². The van der Waals surface area contributed by atoms with E-state index >= 15 is 0 Å². The van der Waals surface area contributed by atoms with Crippen LogP contribution in [0, 0.1) is 0 Å². The molecule has 156 valence electrons. The molecule has 1 heterocycles. The average Bonchev–Trinajstić information content (AvgIpc) is 3.20. The van der Waals surface area contributed by atoms with Crippen molar-refractivity contribution in [3.8, 4) is 0 Å². The number of halogens is 1. The highest BCUT2D eigenvalue weighted by Gasteiger charge is 2.21. The van der Waals surface area contributed by atoms with Crippen molar-refractivity contribution in [1.82, 2.24) is 15.5 Å². The van der Waals surface area contributed by atoms with Crippen LogP contribution in [-0.4, -0.2) is 22.0 Å². The van der Waals surface area contributed by atoms with Crippen molar-refractivity contribution in [2.75, 3.05) is 0 Å². The lowest BCUT2D eigenvalue weighted by Crippen LogP contribution is -2.30. The third-order valence-electron chi connectivity index (χ3n) is 4.34. The van der Waals surface area contributed by atoms with Gasteiger partial charge in [-0.15, -0.1) is 0 Å². The topological polar surface area (TPSA) is 94.3 Å². The number of rotatable bonds is 9. The molecular weight excluding hydrogens is 406 g/mol. The van der Waals surface area contributed by atoms with Gasteiger partial charge < -0.3 is 14.6 Å². The highest BCUT2D eigenvalue weighted by molar-refractivity contribution is 6.33. The summed E-state index contributed by atoms with van der Waals surface area (Å²) < 4.78 is 10.3. The predicted molar refractivity (Wildman–Crippen MR) is 111 cm³/mol. The minimum absolute atomic E-state index is 0.0594. The predicted octanol–water partition coefficient (Wildman–Crippen LogP) is 4.28. The van der Waals surface area contributed by atoms with Gasteiger partial charge in [0.25, 0.3) is 11.8 Å². The summed E-state index contributed by atoms with van der Waals surface area (Å²) >= 11 is 6.12. The minimum Gasteiger partial charge on any atom is -0.455 e. The van der Waals surface area contributed by atoms with Crippen LogP contribution >= 0.6 is 11.6 Å². The van der Waals surface area contributed by atoms with E-state index in [0.29, 0.717) is 22.8 Å². The summed E-state index contributed by atoms with van der Waals surface area (Å²) in [5.41, 5.74) is 1.11. The molecule has 7 nitrogen and oxygen atoms in total. The second-order valence-electron chi connectivity index (χ2n) is 6.64. The first-order valence-corrected chi connectivity index (χ1v) is 10.0. The fourth-order valence-electron chi connectivity index (χ4n) is 2.86. The Morgan fingerprint density at radius 3 is 2.60 bits per heavy atom. The highest BCUT2D eigenvalue weighted by atomic mass is 35.5. The summed E-state index contributed by atoms with van der Waals surface area (Å²) in [6, 6.07) is 15.4. The van der Waals surface area contributed by atoms with Gasteiger partial charge in [-0.3, -0.25) is 9.59 Å². The van der Waals surface area contributed by atoms with Crippen molar-refractivity contribution in [1.29, 1.82) is 0 Å². The van der Waals surface area contributed by atoms with E-state index < -0.39 is 12.0 Å². The number of carbonyl (C=O) groups excluding carboxylic acids is 2. The molecule has 0 saturated heterocycles. The highest BCUT2D eigenvalue weighted by Crippen LogP contribution is 2.21. The quantitative estimate of drug-likeness (QED) is 0.512. The van der Waals surface area contributed by atoms with Gasteiger partial charge in [0.05, 0.1) is 23.0 Å². The van der Waals surface area contributed by atoms with Crippen LogP contribution in [0.5, 0.6) is 0 Å². The van der Waals surface area contributed by atoms with E-state index in [1.807, 2.05) is 37.3 Å². The number of hydrogen-bond donors (Lipinski definition) is 1. The van der Waals surface area contributed by atoms with Crippen LogP contribution in [0.15, 0.2) is 59.1 Å². The Hall–Kier alpha value is -3.19. The molecule has 8 heteroatoms. The Labute approximate surface area is 179 Å². The summed E-state index contributed by atoms with van der Waals surface area (Å²) in [7, 11) is 0. The van der Waals surface area contributed by atoms with Gasteiger partial charge in [0.2, 0.25) is 0 Å². The van der Waals surface area contributed by atoms with Crippen molar-refractivity contribution in [3.63, 3.8) is 0 Å². The smallest absolute Gasteiger partial charge is 0.308 e. The fourth-order valence-corrected chi connectivity index (χ4v) is 3.08. The molecule has 0 saturated carbocycles. The molecule has 3 aromatic rings. The minimum atomic E-state index is -0.583. The number of aromatic nitrogens is 2. The van der Waals surface area contributed by atoms with E-state index in [-0.39, 0.29) is 24.8 Å². The molecule has 0 bridgehead atoms. The molecular formula is C22H22ClN3O4. The molecule has 2 aromatic carbocycles. The zero-order valence-corrected chi connectivity index (χ0v) is 17.3. The number of nitrogens with zero attached hydrogens (tertiary/aromatic N) is 2. The largest absolute Gasteiger partial charge is 0.455 e. The van der Waals surface area contributed by atoms with Crippen molar-refractivity contribution in [2.24, 2.45) is 0 Å². The van der Waals surface area contributed by atoms with Gasteiger partial charge in [0, 0.05) is 6.42 Å². The third-order valence-corrected chi connectivity index (χ3v) is 4.67. The average molecular weight is 428 g/mol. The van der Waals surface area contributed by atoms with Gasteiger partial charge in [0.1, 0.15) is 0 Å². The Morgan fingerprint density at radius 2 is 1.87 bits per heavy atom. The van der Waals surface area contributed by atoms with Crippen molar-refractivity contribution < 1.29 is 18.8 Å². The van der Waals surface area contributed by atoms with Crippen LogP contribution in [-0.2, 0) is 22.6 Å². The van der Waals surface area contributed by atoms with Crippen molar-refractivity contribution in [2.45, 2.75) is 38.8 Å². The van der Waals surface area contributed by atoms with E-state index in [1.54, 1.807) is 24.3 Å². The molecule has 1 N–H and O–H groups in total. The number of hydrogen-bond acceptors (Lipinski definition) is 6. The molecule has 0 aliphatic rings. The molecule has 0 spiro atoms. The van der Waals surface area contributed by atoms with Crippen LogP contribution in [0.4, 0.5) is 0 Å². The molecule has 1 aromatic heterocycles. The summed E-state index contributed by atoms with van der Waals surface area (Å²) in [5.74, 6) is -0.0530. The first-order valence-electron chi connectivity index (χ1n) is 9.64. The Morgan fingerprint density at radius 1 is 1.13 bits per heavy atom. The van der Waals surface area contributed by atoms with Gasteiger partial charge in [-0.2, -0.15) is 4.98 Å². The standard InChI is InChI=1S/C22H22ClN3O4/c1-2-8-19-25-20(30-26-19)14-29-21(27)13-18(15-9-4-3-5-10-15)24-22(28)16-11-6-7-12-17(16)23/h3-7,9-12,18H,2,8,13-14H2,1H3,(H,24,28). The molecule has 1 unspecified atom stereocenters. The molecule has 30 heavy (non-hydrogen) atoms. The SMILES string of the molecule is CCCc1noc(COC(=O)CC(NC(=O)c2ccccc2Cl)c2ccccc2)n1. The number of aryl methyl sites for hydroxylation is 1.